The van der Waals surface area contributed by atoms with E-state index in [1.165, 1.54) is 16.0 Å². The van der Waals surface area contributed by atoms with Crippen molar-refractivity contribution in [3.63, 3.8) is 0 Å². The second-order valence-corrected chi connectivity index (χ2v) is 8.43. The van der Waals surface area contributed by atoms with Crippen LogP contribution in [0.5, 0.6) is 5.75 Å². The maximum Gasteiger partial charge on any atom is 0.326 e. The number of imide groups is 1. The molecular weight excluding hydrogens is 390 g/mol. The van der Waals surface area contributed by atoms with Crippen LogP contribution in [0.3, 0.4) is 0 Å². The summed E-state index contributed by atoms with van der Waals surface area (Å²) >= 11 is 0. The molecule has 31 heavy (non-hydrogen) atoms. The van der Waals surface area contributed by atoms with Crippen molar-refractivity contribution in [1.29, 1.82) is 0 Å². The highest BCUT2D eigenvalue weighted by Gasteiger charge is 2.49. The van der Waals surface area contributed by atoms with E-state index in [-0.39, 0.29) is 11.9 Å². The number of urea groups is 1. The summed E-state index contributed by atoms with van der Waals surface area (Å²) in [6.45, 7) is 3.63. The molecule has 6 nitrogen and oxygen atoms in total. The molecular formula is C25H25N3O3. The second kappa shape index (κ2) is 7.39. The molecule has 6 heteroatoms. The molecule has 0 radical (unpaired) electrons. The summed E-state index contributed by atoms with van der Waals surface area (Å²) in [5.41, 5.74) is 2.29. The number of methoxy groups -OCH3 is 1. The summed E-state index contributed by atoms with van der Waals surface area (Å²) in [7, 11) is 1.64. The Labute approximate surface area is 181 Å². The number of carbonyl (C=O) groups is 2. The first-order valence-corrected chi connectivity index (χ1v) is 10.5. The lowest BCUT2D eigenvalue weighted by Gasteiger charge is -2.31. The minimum atomic E-state index is -1.08. The zero-order valence-corrected chi connectivity index (χ0v) is 17.7. The molecule has 5 rings (SSSR count). The van der Waals surface area contributed by atoms with Gasteiger partial charge in [-0.05, 0) is 59.0 Å². The molecule has 0 aliphatic carbocycles. The molecule has 2 aliphatic heterocycles. The van der Waals surface area contributed by atoms with Gasteiger partial charge >= 0.3 is 6.03 Å². The summed E-state index contributed by atoms with van der Waals surface area (Å²) in [6.07, 6.45) is 0.922. The first-order valence-electron chi connectivity index (χ1n) is 10.5. The van der Waals surface area contributed by atoms with Crippen LogP contribution in [0.4, 0.5) is 4.79 Å². The molecule has 1 fully saturated rings. The predicted molar refractivity (Wildman–Crippen MR) is 119 cm³/mol. The monoisotopic (exact) mass is 415 g/mol. The van der Waals surface area contributed by atoms with Crippen molar-refractivity contribution in [2.24, 2.45) is 0 Å². The number of hydrogen-bond acceptors (Lipinski definition) is 4. The van der Waals surface area contributed by atoms with Gasteiger partial charge in [-0.25, -0.2) is 9.69 Å². The standard InChI is InChI=1S/C25H25N3O3/c1-25(21-9-7-19-14-22(31-2)10-8-18(19)13-21)23(29)28(24(30)26-25)16-27-12-11-17-5-3-4-6-20(17)15-27/h3-10,13-14H,11-12,15-16H2,1-2H3,(H,26,30)/t25-/m0/s1. The third kappa shape index (κ3) is 3.33. The molecule has 0 unspecified atom stereocenters. The van der Waals surface area contributed by atoms with Gasteiger partial charge < -0.3 is 10.1 Å². The maximum atomic E-state index is 13.4. The van der Waals surface area contributed by atoms with Gasteiger partial charge in [-0.2, -0.15) is 0 Å². The van der Waals surface area contributed by atoms with Crippen molar-refractivity contribution >= 4 is 22.7 Å². The Kier molecular flexibility index (Phi) is 4.67. The van der Waals surface area contributed by atoms with Crippen LogP contribution in [-0.4, -0.2) is 42.1 Å². The van der Waals surface area contributed by atoms with Crippen molar-refractivity contribution in [3.05, 3.63) is 77.4 Å². The van der Waals surface area contributed by atoms with Crippen LogP contribution in [0.1, 0.15) is 23.6 Å². The number of amides is 3. The topological polar surface area (TPSA) is 61.9 Å². The number of fused-ring (bicyclic) bond motifs is 2. The fourth-order valence-corrected chi connectivity index (χ4v) is 4.56. The van der Waals surface area contributed by atoms with Crippen LogP contribution < -0.4 is 10.1 Å². The molecule has 0 bridgehead atoms. The molecule has 3 aromatic carbocycles. The van der Waals surface area contributed by atoms with E-state index in [1.807, 2.05) is 42.5 Å². The first kappa shape index (κ1) is 19.6. The Hall–Kier alpha value is -3.38. The minimum Gasteiger partial charge on any atom is -0.497 e. The van der Waals surface area contributed by atoms with E-state index in [1.54, 1.807) is 14.0 Å². The molecule has 2 heterocycles. The van der Waals surface area contributed by atoms with Crippen molar-refractivity contribution in [2.75, 3.05) is 20.3 Å². The zero-order valence-electron chi connectivity index (χ0n) is 17.7. The average molecular weight is 415 g/mol. The van der Waals surface area contributed by atoms with Gasteiger partial charge in [-0.15, -0.1) is 0 Å². The number of nitrogens with zero attached hydrogens (tertiary/aromatic N) is 2. The van der Waals surface area contributed by atoms with E-state index < -0.39 is 5.54 Å². The Balaban J connectivity index is 1.38. The van der Waals surface area contributed by atoms with Gasteiger partial charge in [0.05, 0.1) is 13.8 Å². The average Bonchev–Trinajstić information content (AvgIpc) is 3.02. The van der Waals surface area contributed by atoms with E-state index in [0.29, 0.717) is 6.67 Å². The predicted octanol–water partition coefficient (Wildman–Crippen LogP) is 3.63. The molecule has 0 spiro atoms. The molecule has 3 amide bonds. The van der Waals surface area contributed by atoms with Crippen LogP contribution in [0.15, 0.2) is 60.7 Å². The van der Waals surface area contributed by atoms with Crippen LogP contribution in [-0.2, 0) is 23.3 Å². The summed E-state index contributed by atoms with van der Waals surface area (Å²) in [4.78, 5) is 29.7. The molecule has 3 aromatic rings. The van der Waals surface area contributed by atoms with Crippen molar-refractivity contribution in [1.82, 2.24) is 15.1 Å². The lowest BCUT2D eigenvalue weighted by Crippen LogP contribution is -2.45. The van der Waals surface area contributed by atoms with Gasteiger partial charge in [0.25, 0.3) is 5.91 Å². The summed E-state index contributed by atoms with van der Waals surface area (Å²) < 4.78 is 5.29. The third-order valence-corrected chi connectivity index (χ3v) is 6.45. The highest BCUT2D eigenvalue weighted by atomic mass is 16.5. The Morgan fingerprint density at radius 2 is 1.74 bits per heavy atom. The highest BCUT2D eigenvalue weighted by Crippen LogP contribution is 2.32. The van der Waals surface area contributed by atoms with E-state index in [9.17, 15) is 9.59 Å². The highest BCUT2D eigenvalue weighted by molar-refractivity contribution is 6.07. The lowest BCUT2D eigenvalue weighted by atomic mass is 9.90. The number of rotatable bonds is 4. The number of ether oxygens (including phenoxy) is 1. The summed E-state index contributed by atoms with van der Waals surface area (Å²) in [5.74, 6) is 0.565. The molecule has 1 saturated heterocycles. The maximum absolute atomic E-state index is 13.4. The summed E-state index contributed by atoms with van der Waals surface area (Å²) in [6, 6.07) is 19.6. The van der Waals surface area contributed by atoms with E-state index in [4.69, 9.17) is 4.74 Å². The zero-order chi connectivity index (χ0) is 21.6. The van der Waals surface area contributed by atoms with E-state index >= 15 is 0 Å². The van der Waals surface area contributed by atoms with Crippen LogP contribution in [0.25, 0.3) is 10.8 Å². The van der Waals surface area contributed by atoms with E-state index in [0.717, 1.165) is 41.6 Å². The number of hydrogen-bond donors (Lipinski definition) is 1. The van der Waals surface area contributed by atoms with Gasteiger partial charge in [0, 0.05) is 13.1 Å². The quantitative estimate of drug-likeness (QED) is 0.661. The van der Waals surface area contributed by atoms with Crippen LogP contribution in [0, 0.1) is 0 Å². The van der Waals surface area contributed by atoms with Crippen molar-refractivity contribution in [2.45, 2.75) is 25.4 Å². The number of carbonyl (C=O) groups excluding carboxylic acids is 2. The second-order valence-electron chi connectivity index (χ2n) is 8.43. The van der Waals surface area contributed by atoms with Crippen molar-refractivity contribution < 1.29 is 14.3 Å². The lowest BCUT2D eigenvalue weighted by molar-refractivity contribution is -0.132. The Morgan fingerprint density at radius 1 is 1.00 bits per heavy atom. The molecule has 158 valence electrons. The molecule has 2 aliphatic rings. The molecule has 1 N–H and O–H groups in total. The van der Waals surface area contributed by atoms with Crippen LogP contribution >= 0.6 is 0 Å². The summed E-state index contributed by atoms with van der Waals surface area (Å²) in [5, 5.41) is 4.94. The first-order chi connectivity index (χ1) is 15.0. The van der Waals surface area contributed by atoms with Gasteiger partial charge in [0.2, 0.25) is 0 Å². The van der Waals surface area contributed by atoms with E-state index in [2.05, 4.69) is 28.4 Å². The number of benzene rings is 3. The fourth-order valence-electron chi connectivity index (χ4n) is 4.56. The smallest absolute Gasteiger partial charge is 0.326 e. The van der Waals surface area contributed by atoms with Gasteiger partial charge in [-0.3, -0.25) is 9.69 Å². The third-order valence-electron chi connectivity index (χ3n) is 6.45. The Bertz CT molecular complexity index is 1190. The van der Waals surface area contributed by atoms with Gasteiger partial charge in [0.15, 0.2) is 0 Å². The van der Waals surface area contributed by atoms with Crippen LogP contribution in [0.2, 0.25) is 0 Å². The van der Waals surface area contributed by atoms with Crippen molar-refractivity contribution in [3.8, 4) is 5.75 Å². The molecule has 0 saturated carbocycles. The molecule has 0 aromatic heterocycles. The SMILES string of the molecule is COc1ccc2cc([C@]3(C)NC(=O)N(CN4CCc5ccccc5C4)C3=O)ccc2c1. The Morgan fingerprint density at radius 3 is 2.55 bits per heavy atom. The van der Waals surface area contributed by atoms with Gasteiger partial charge in [-0.1, -0.05) is 42.5 Å². The number of nitrogens with one attached hydrogen (secondary N) is 1. The van der Waals surface area contributed by atoms with Gasteiger partial charge in [0.1, 0.15) is 11.3 Å². The molecule has 1 atom stereocenters. The fraction of sp³-hybridized carbons (Fsp3) is 0.280. The normalized spacial score (nSPS) is 21.3. The minimum absolute atomic E-state index is 0.218. The largest absolute Gasteiger partial charge is 0.497 e.